The zero-order valence-electron chi connectivity index (χ0n) is 15.1. The molecule has 1 amide bonds. The van der Waals surface area contributed by atoms with Gasteiger partial charge in [-0.25, -0.2) is 0 Å². The van der Waals surface area contributed by atoms with E-state index in [4.69, 9.17) is 4.74 Å². The molecule has 3 rings (SSSR count). The first kappa shape index (κ1) is 17.7. The summed E-state index contributed by atoms with van der Waals surface area (Å²) in [6.07, 6.45) is 4.32. The molecule has 0 aliphatic rings. The van der Waals surface area contributed by atoms with Crippen LogP contribution in [0, 0.1) is 0 Å². The highest BCUT2D eigenvalue weighted by atomic mass is 16.5. The summed E-state index contributed by atoms with van der Waals surface area (Å²) in [5.74, 6) is 0.639. The lowest BCUT2D eigenvalue weighted by Crippen LogP contribution is -2.31. The van der Waals surface area contributed by atoms with Gasteiger partial charge in [-0.3, -0.25) is 14.9 Å². The predicted molar refractivity (Wildman–Crippen MR) is 99.9 cm³/mol. The van der Waals surface area contributed by atoms with Gasteiger partial charge in [0.25, 0.3) is 5.91 Å². The number of aromatic nitrogens is 3. The number of hydrogen-bond acceptors (Lipinski definition) is 4. The van der Waals surface area contributed by atoms with Gasteiger partial charge in [0.05, 0.1) is 18.8 Å². The van der Waals surface area contributed by atoms with Gasteiger partial charge in [0.1, 0.15) is 11.4 Å². The lowest BCUT2D eigenvalue weighted by molar-refractivity contribution is 0.0720. The number of ether oxygens (including phenoxy) is 1. The van der Waals surface area contributed by atoms with Crippen molar-refractivity contribution >= 4 is 5.91 Å². The van der Waals surface area contributed by atoms with Crippen molar-refractivity contribution in [3.8, 4) is 17.0 Å². The van der Waals surface area contributed by atoms with Crippen LogP contribution in [0.5, 0.6) is 5.75 Å². The summed E-state index contributed by atoms with van der Waals surface area (Å²) in [7, 11) is 3.42. The molecule has 0 saturated heterocycles. The first-order valence-corrected chi connectivity index (χ1v) is 8.51. The summed E-state index contributed by atoms with van der Waals surface area (Å²) in [4.78, 5) is 18.8. The lowest BCUT2D eigenvalue weighted by atomic mass is 10.0. The Bertz CT molecular complexity index is 876. The topological polar surface area (TPSA) is 71.1 Å². The van der Waals surface area contributed by atoms with Crippen molar-refractivity contribution in [2.45, 2.75) is 19.4 Å². The van der Waals surface area contributed by atoms with E-state index in [0.29, 0.717) is 11.4 Å². The minimum atomic E-state index is -0.109. The van der Waals surface area contributed by atoms with E-state index in [2.05, 4.69) is 22.1 Å². The Labute approximate surface area is 152 Å². The van der Waals surface area contributed by atoms with Gasteiger partial charge in [0, 0.05) is 25.0 Å². The van der Waals surface area contributed by atoms with Crippen LogP contribution >= 0.6 is 0 Å². The Hall–Kier alpha value is -3.15. The van der Waals surface area contributed by atoms with Crippen LogP contribution in [0.4, 0.5) is 0 Å². The van der Waals surface area contributed by atoms with Gasteiger partial charge >= 0.3 is 0 Å². The number of aromatic amines is 1. The van der Waals surface area contributed by atoms with E-state index in [1.165, 1.54) is 0 Å². The van der Waals surface area contributed by atoms with Gasteiger partial charge in [-0.15, -0.1) is 0 Å². The van der Waals surface area contributed by atoms with Crippen molar-refractivity contribution in [3.63, 3.8) is 0 Å². The number of amides is 1. The number of benzene rings is 1. The highest BCUT2D eigenvalue weighted by molar-refractivity contribution is 5.93. The SMILES string of the molecule is CC[C@@H](c1cccnc1)N(C)C(=O)c1cc(-c2cccc(OC)c2)n[nH]1. The van der Waals surface area contributed by atoms with Gasteiger partial charge in [-0.05, 0) is 36.2 Å². The van der Waals surface area contributed by atoms with Gasteiger partial charge in [0.2, 0.25) is 0 Å². The van der Waals surface area contributed by atoms with E-state index in [1.54, 1.807) is 37.5 Å². The van der Waals surface area contributed by atoms with E-state index in [1.807, 2.05) is 36.4 Å². The zero-order chi connectivity index (χ0) is 18.5. The van der Waals surface area contributed by atoms with E-state index in [-0.39, 0.29) is 11.9 Å². The van der Waals surface area contributed by atoms with E-state index in [9.17, 15) is 4.79 Å². The van der Waals surface area contributed by atoms with Crippen molar-refractivity contribution in [3.05, 3.63) is 66.1 Å². The monoisotopic (exact) mass is 350 g/mol. The summed E-state index contributed by atoms with van der Waals surface area (Å²) in [6, 6.07) is 13.2. The van der Waals surface area contributed by atoms with Crippen LogP contribution in [0.1, 0.15) is 35.4 Å². The number of carbonyl (C=O) groups excluding carboxylic acids is 1. The fourth-order valence-electron chi connectivity index (χ4n) is 3.00. The van der Waals surface area contributed by atoms with Crippen molar-refractivity contribution < 1.29 is 9.53 Å². The number of nitrogens with one attached hydrogen (secondary N) is 1. The van der Waals surface area contributed by atoms with Crippen LogP contribution in [0.2, 0.25) is 0 Å². The maximum absolute atomic E-state index is 12.9. The highest BCUT2D eigenvalue weighted by Crippen LogP contribution is 2.26. The smallest absolute Gasteiger partial charge is 0.272 e. The third-order valence-corrected chi connectivity index (χ3v) is 4.42. The van der Waals surface area contributed by atoms with Crippen LogP contribution in [0.3, 0.4) is 0 Å². The van der Waals surface area contributed by atoms with Crippen molar-refractivity contribution in [1.29, 1.82) is 0 Å². The van der Waals surface area contributed by atoms with Gasteiger partial charge in [-0.1, -0.05) is 25.1 Å². The average Bonchev–Trinajstić information content (AvgIpc) is 3.19. The molecule has 1 atom stereocenters. The average molecular weight is 350 g/mol. The van der Waals surface area contributed by atoms with E-state index < -0.39 is 0 Å². The minimum absolute atomic E-state index is 0.0419. The summed E-state index contributed by atoms with van der Waals surface area (Å²) in [5.41, 5.74) is 3.06. The summed E-state index contributed by atoms with van der Waals surface area (Å²) < 4.78 is 5.24. The van der Waals surface area contributed by atoms with Gasteiger partial charge in [0.15, 0.2) is 0 Å². The lowest BCUT2D eigenvalue weighted by Gasteiger charge is -2.27. The van der Waals surface area contributed by atoms with Crippen molar-refractivity contribution in [1.82, 2.24) is 20.1 Å². The van der Waals surface area contributed by atoms with Gasteiger partial charge in [-0.2, -0.15) is 5.10 Å². The second-order valence-corrected chi connectivity index (χ2v) is 6.03. The molecule has 0 aliphatic heterocycles. The third-order valence-electron chi connectivity index (χ3n) is 4.42. The Morgan fingerprint density at radius 2 is 2.12 bits per heavy atom. The molecule has 26 heavy (non-hydrogen) atoms. The van der Waals surface area contributed by atoms with Crippen LogP contribution in [0.25, 0.3) is 11.3 Å². The Morgan fingerprint density at radius 3 is 2.81 bits per heavy atom. The minimum Gasteiger partial charge on any atom is -0.497 e. The number of nitrogens with zero attached hydrogens (tertiary/aromatic N) is 3. The van der Waals surface area contributed by atoms with Crippen LogP contribution < -0.4 is 4.74 Å². The summed E-state index contributed by atoms with van der Waals surface area (Å²) >= 11 is 0. The molecule has 0 radical (unpaired) electrons. The number of hydrogen-bond donors (Lipinski definition) is 1. The quantitative estimate of drug-likeness (QED) is 0.736. The van der Waals surface area contributed by atoms with Crippen molar-refractivity contribution in [2.75, 3.05) is 14.2 Å². The van der Waals surface area contributed by atoms with Crippen LogP contribution in [-0.4, -0.2) is 40.1 Å². The summed E-state index contributed by atoms with van der Waals surface area (Å²) in [5, 5.41) is 7.14. The maximum Gasteiger partial charge on any atom is 0.272 e. The van der Waals surface area contributed by atoms with Crippen LogP contribution in [0.15, 0.2) is 54.9 Å². The molecule has 134 valence electrons. The van der Waals surface area contributed by atoms with Gasteiger partial charge < -0.3 is 9.64 Å². The number of pyridine rings is 1. The maximum atomic E-state index is 12.9. The highest BCUT2D eigenvalue weighted by Gasteiger charge is 2.23. The molecule has 1 N–H and O–H groups in total. The molecule has 0 saturated carbocycles. The first-order valence-electron chi connectivity index (χ1n) is 8.51. The molecule has 0 fully saturated rings. The second-order valence-electron chi connectivity index (χ2n) is 6.03. The number of methoxy groups -OCH3 is 1. The molecule has 6 heteroatoms. The molecule has 0 unspecified atom stereocenters. The van der Waals surface area contributed by atoms with Crippen LogP contribution in [-0.2, 0) is 0 Å². The standard InChI is InChI=1S/C20H22N4O2/c1-4-19(15-8-6-10-21-13-15)24(2)20(25)18-12-17(22-23-18)14-7-5-9-16(11-14)26-3/h5-13,19H,4H2,1-3H3,(H,22,23)/t19-/m0/s1. The fourth-order valence-corrected chi connectivity index (χ4v) is 3.00. The Balaban J connectivity index is 1.82. The zero-order valence-corrected chi connectivity index (χ0v) is 15.1. The van der Waals surface area contributed by atoms with E-state index in [0.717, 1.165) is 23.3 Å². The molecule has 1 aromatic carbocycles. The molecule has 0 spiro atoms. The molecule has 2 heterocycles. The largest absolute Gasteiger partial charge is 0.497 e. The molecule has 2 aromatic heterocycles. The molecule has 0 bridgehead atoms. The Kier molecular flexibility index (Phi) is 5.31. The van der Waals surface area contributed by atoms with Crippen molar-refractivity contribution in [2.24, 2.45) is 0 Å². The number of carbonyl (C=O) groups is 1. The third kappa shape index (κ3) is 3.59. The number of rotatable bonds is 6. The molecule has 3 aromatic rings. The molecular weight excluding hydrogens is 328 g/mol. The Morgan fingerprint density at radius 1 is 1.27 bits per heavy atom. The number of H-pyrrole nitrogens is 1. The molecule has 0 aliphatic carbocycles. The molecular formula is C20H22N4O2. The first-order chi connectivity index (χ1) is 12.6. The van der Waals surface area contributed by atoms with E-state index >= 15 is 0 Å². The molecule has 6 nitrogen and oxygen atoms in total. The summed E-state index contributed by atoms with van der Waals surface area (Å²) in [6.45, 7) is 2.05. The second kappa shape index (κ2) is 7.82. The fraction of sp³-hybridized carbons (Fsp3) is 0.250. The predicted octanol–water partition coefficient (Wildman–Crippen LogP) is 3.70. The normalized spacial score (nSPS) is 11.8.